The first-order valence-electron chi connectivity index (χ1n) is 11.5. The molecule has 0 spiro atoms. The Bertz CT molecular complexity index is 1210. The zero-order chi connectivity index (χ0) is 23.6. The van der Waals surface area contributed by atoms with E-state index in [2.05, 4.69) is 44.3 Å². The number of aromatic amines is 1. The molecule has 2 aromatic carbocycles. The number of sulfonamides is 1. The van der Waals surface area contributed by atoms with Crippen LogP contribution in [0, 0.1) is 0 Å². The van der Waals surface area contributed by atoms with Gasteiger partial charge in [0, 0.05) is 28.8 Å². The molecule has 0 saturated carbocycles. The fraction of sp³-hybridized carbons (Fsp3) is 0.400. The number of nitrogens with zero attached hydrogens (tertiary/aromatic N) is 1. The van der Waals surface area contributed by atoms with Crippen molar-refractivity contribution >= 4 is 32.5 Å². The molecule has 0 radical (unpaired) electrons. The summed E-state index contributed by atoms with van der Waals surface area (Å²) in [7, 11) is -3.55. The minimum atomic E-state index is -3.55. The van der Waals surface area contributed by atoms with Gasteiger partial charge in [0.25, 0.3) is 0 Å². The van der Waals surface area contributed by atoms with Crippen molar-refractivity contribution in [2.24, 2.45) is 0 Å². The normalized spacial score (nSPS) is 16.8. The summed E-state index contributed by atoms with van der Waals surface area (Å²) in [6.45, 7) is 7.19. The Kier molecular flexibility index (Phi) is 6.88. The van der Waals surface area contributed by atoms with E-state index in [4.69, 9.17) is 0 Å². The average molecular weight is 469 g/mol. The molecule has 0 bridgehead atoms. The standard InChI is InChI=1S/C25H32N4O3S/c1-17(2)28-33(31,32)21-10-8-20(9-11-21)27-25(30)18(3)29-14-12-19(13-15-29)23-16-26-24-7-5-4-6-22(23)24/h4-11,16-19,26,28H,12-15H2,1-3H3,(H,27,30)/t18-/m0/s1. The van der Waals surface area contributed by atoms with E-state index in [9.17, 15) is 13.2 Å². The van der Waals surface area contributed by atoms with Crippen molar-refractivity contribution in [3.63, 3.8) is 0 Å². The van der Waals surface area contributed by atoms with Crippen LogP contribution >= 0.6 is 0 Å². The van der Waals surface area contributed by atoms with E-state index >= 15 is 0 Å². The first-order chi connectivity index (χ1) is 15.7. The number of likely N-dealkylation sites (tertiary alicyclic amines) is 1. The molecule has 3 N–H and O–H groups in total. The van der Waals surface area contributed by atoms with Crippen molar-refractivity contribution in [2.75, 3.05) is 18.4 Å². The summed E-state index contributed by atoms with van der Waals surface area (Å²) in [4.78, 5) is 18.6. The number of benzene rings is 2. The van der Waals surface area contributed by atoms with Crippen LogP contribution < -0.4 is 10.0 Å². The number of nitrogens with one attached hydrogen (secondary N) is 3. The highest BCUT2D eigenvalue weighted by molar-refractivity contribution is 7.89. The number of fused-ring (bicyclic) bond motifs is 1. The van der Waals surface area contributed by atoms with Gasteiger partial charge < -0.3 is 10.3 Å². The molecule has 1 aliphatic heterocycles. The minimum absolute atomic E-state index is 0.0866. The first kappa shape index (κ1) is 23.5. The van der Waals surface area contributed by atoms with Crippen LogP contribution in [0.4, 0.5) is 5.69 Å². The molecule has 0 aliphatic carbocycles. The zero-order valence-electron chi connectivity index (χ0n) is 19.3. The third-order valence-corrected chi connectivity index (χ3v) is 8.02. The van der Waals surface area contributed by atoms with Gasteiger partial charge in [-0.05, 0) is 88.5 Å². The van der Waals surface area contributed by atoms with Crippen molar-refractivity contribution < 1.29 is 13.2 Å². The van der Waals surface area contributed by atoms with Crippen molar-refractivity contribution in [3.05, 3.63) is 60.3 Å². The molecular formula is C25H32N4O3S. The molecule has 0 unspecified atom stereocenters. The maximum Gasteiger partial charge on any atom is 0.241 e. The number of aromatic nitrogens is 1. The summed E-state index contributed by atoms with van der Waals surface area (Å²) in [5, 5.41) is 4.21. The van der Waals surface area contributed by atoms with Gasteiger partial charge in [-0.2, -0.15) is 0 Å². The lowest BCUT2D eigenvalue weighted by Crippen LogP contribution is -2.45. The number of carbonyl (C=O) groups excluding carboxylic acids is 1. The molecule has 1 aliphatic rings. The van der Waals surface area contributed by atoms with Gasteiger partial charge in [-0.25, -0.2) is 13.1 Å². The molecule has 8 heteroatoms. The topological polar surface area (TPSA) is 94.3 Å². The van der Waals surface area contributed by atoms with Gasteiger partial charge in [0.2, 0.25) is 15.9 Å². The Balaban J connectivity index is 1.33. The molecule has 1 amide bonds. The quantitative estimate of drug-likeness (QED) is 0.487. The van der Waals surface area contributed by atoms with E-state index in [1.807, 2.05) is 13.0 Å². The van der Waals surface area contributed by atoms with E-state index in [1.54, 1.807) is 26.0 Å². The summed E-state index contributed by atoms with van der Waals surface area (Å²) in [6, 6.07) is 14.2. The van der Waals surface area contributed by atoms with Crippen molar-refractivity contribution in [1.82, 2.24) is 14.6 Å². The highest BCUT2D eigenvalue weighted by Crippen LogP contribution is 2.33. The first-order valence-corrected chi connectivity index (χ1v) is 13.0. The van der Waals surface area contributed by atoms with Crippen molar-refractivity contribution in [3.8, 4) is 0 Å². The van der Waals surface area contributed by atoms with Gasteiger partial charge in [-0.1, -0.05) is 18.2 Å². The molecule has 1 aromatic heterocycles. The fourth-order valence-electron chi connectivity index (χ4n) is 4.54. The van der Waals surface area contributed by atoms with Crippen LogP contribution in [0.2, 0.25) is 0 Å². The van der Waals surface area contributed by atoms with Crippen LogP contribution in [0.1, 0.15) is 45.1 Å². The maximum absolute atomic E-state index is 12.8. The van der Waals surface area contributed by atoms with Crippen LogP contribution in [0.3, 0.4) is 0 Å². The predicted octanol–water partition coefficient (Wildman–Crippen LogP) is 4.06. The largest absolute Gasteiger partial charge is 0.361 e. The van der Waals surface area contributed by atoms with E-state index < -0.39 is 10.0 Å². The molecule has 176 valence electrons. The smallest absolute Gasteiger partial charge is 0.241 e. The number of amides is 1. The van der Waals surface area contributed by atoms with Gasteiger partial charge in [-0.15, -0.1) is 0 Å². The number of para-hydroxylation sites is 1. The number of rotatable bonds is 7. The summed E-state index contributed by atoms with van der Waals surface area (Å²) < 4.78 is 27.1. The van der Waals surface area contributed by atoms with Gasteiger partial charge in [-0.3, -0.25) is 9.69 Å². The molecule has 3 aromatic rings. The molecule has 2 heterocycles. The number of H-pyrrole nitrogens is 1. The maximum atomic E-state index is 12.8. The monoisotopic (exact) mass is 468 g/mol. The summed E-state index contributed by atoms with van der Waals surface area (Å²) in [6.07, 6.45) is 4.14. The Morgan fingerprint density at radius 3 is 2.36 bits per heavy atom. The molecule has 1 atom stereocenters. The van der Waals surface area contributed by atoms with Crippen LogP contribution in [-0.2, 0) is 14.8 Å². The van der Waals surface area contributed by atoms with Crippen molar-refractivity contribution in [2.45, 2.75) is 56.5 Å². The Labute approximate surface area is 195 Å². The third kappa shape index (κ3) is 5.29. The number of anilines is 1. The minimum Gasteiger partial charge on any atom is -0.361 e. The van der Waals surface area contributed by atoms with Crippen molar-refractivity contribution in [1.29, 1.82) is 0 Å². The predicted molar refractivity (Wildman–Crippen MR) is 132 cm³/mol. The van der Waals surface area contributed by atoms with E-state index in [-0.39, 0.29) is 22.9 Å². The highest BCUT2D eigenvalue weighted by atomic mass is 32.2. The van der Waals surface area contributed by atoms with Gasteiger partial charge >= 0.3 is 0 Å². The van der Waals surface area contributed by atoms with Crippen LogP contribution in [-0.4, -0.2) is 49.4 Å². The second-order valence-electron chi connectivity index (χ2n) is 9.07. The fourth-order valence-corrected chi connectivity index (χ4v) is 5.79. The van der Waals surface area contributed by atoms with Crippen LogP contribution in [0.25, 0.3) is 10.9 Å². The lowest BCUT2D eigenvalue weighted by Gasteiger charge is -2.35. The van der Waals surface area contributed by atoms with Crippen LogP contribution in [0.5, 0.6) is 0 Å². The Morgan fingerprint density at radius 2 is 1.70 bits per heavy atom. The van der Waals surface area contributed by atoms with Gasteiger partial charge in [0.05, 0.1) is 10.9 Å². The second kappa shape index (κ2) is 9.67. The van der Waals surface area contributed by atoms with Gasteiger partial charge in [0.1, 0.15) is 0 Å². The molecule has 1 saturated heterocycles. The van der Waals surface area contributed by atoms with E-state index in [0.717, 1.165) is 25.9 Å². The Hall–Kier alpha value is -2.68. The number of carbonyl (C=O) groups is 1. The molecule has 7 nitrogen and oxygen atoms in total. The SMILES string of the molecule is CC(C)NS(=O)(=O)c1ccc(NC(=O)[C@H](C)N2CCC(c3c[nH]c4ccccc34)CC2)cc1. The number of hydrogen-bond acceptors (Lipinski definition) is 4. The highest BCUT2D eigenvalue weighted by Gasteiger charge is 2.28. The third-order valence-electron chi connectivity index (χ3n) is 6.34. The zero-order valence-corrected chi connectivity index (χ0v) is 20.2. The molecule has 1 fully saturated rings. The number of piperidine rings is 1. The second-order valence-corrected chi connectivity index (χ2v) is 10.8. The summed E-state index contributed by atoms with van der Waals surface area (Å²) >= 11 is 0. The van der Waals surface area contributed by atoms with E-state index in [1.165, 1.54) is 28.6 Å². The summed E-state index contributed by atoms with van der Waals surface area (Å²) in [5.41, 5.74) is 3.12. The lowest BCUT2D eigenvalue weighted by atomic mass is 9.88. The van der Waals surface area contributed by atoms with E-state index in [0.29, 0.717) is 11.6 Å². The average Bonchev–Trinajstić information content (AvgIpc) is 3.22. The summed E-state index contributed by atoms with van der Waals surface area (Å²) in [5.74, 6) is 0.401. The lowest BCUT2D eigenvalue weighted by molar-refractivity contribution is -0.121. The molecule has 33 heavy (non-hydrogen) atoms. The van der Waals surface area contributed by atoms with Gasteiger partial charge in [0.15, 0.2) is 0 Å². The molecule has 4 rings (SSSR count). The van der Waals surface area contributed by atoms with Crippen LogP contribution in [0.15, 0.2) is 59.6 Å². The molecular weight excluding hydrogens is 436 g/mol. The number of hydrogen-bond donors (Lipinski definition) is 3. The Morgan fingerprint density at radius 1 is 1.03 bits per heavy atom.